The lowest BCUT2D eigenvalue weighted by Gasteiger charge is -2.40. The minimum atomic E-state index is 0.0322. The van der Waals surface area contributed by atoms with Crippen LogP contribution in [-0.4, -0.2) is 61.3 Å². The minimum absolute atomic E-state index is 0.0322. The monoisotopic (exact) mass is 347 g/mol. The molecule has 6 heteroatoms. The van der Waals surface area contributed by atoms with E-state index in [0.29, 0.717) is 24.3 Å². The molecule has 2 aliphatic rings. The van der Waals surface area contributed by atoms with E-state index in [2.05, 4.69) is 36.0 Å². The van der Waals surface area contributed by atoms with Crippen LogP contribution in [0.1, 0.15) is 33.1 Å². The number of hydrogen-bond donors (Lipinski definition) is 1. The van der Waals surface area contributed by atoms with Crippen LogP contribution >= 0.6 is 0 Å². The van der Waals surface area contributed by atoms with Gasteiger partial charge in [-0.05, 0) is 52.0 Å². The van der Waals surface area contributed by atoms with E-state index in [-0.39, 0.29) is 12.7 Å². The Morgan fingerprint density at radius 3 is 2.92 bits per heavy atom. The van der Waals surface area contributed by atoms with Crippen molar-refractivity contribution in [2.24, 2.45) is 0 Å². The van der Waals surface area contributed by atoms with Gasteiger partial charge in [0.2, 0.25) is 12.7 Å². The molecular weight excluding hydrogens is 318 g/mol. The predicted octanol–water partition coefficient (Wildman–Crippen LogP) is 2.55. The maximum atomic E-state index is 12.2. The number of fused-ring (bicyclic) bond motifs is 1. The number of hydrogen-bond acceptors (Lipinski definition) is 5. The van der Waals surface area contributed by atoms with Gasteiger partial charge in [0.25, 0.3) is 0 Å². The Labute approximate surface area is 150 Å². The second kappa shape index (κ2) is 8.06. The number of ether oxygens (including phenoxy) is 2. The highest BCUT2D eigenvalue weighted by atomic mass is 16.7. The minimum Gasteiger partial charge on any atom is -0.454 e. The van der Waals surface area contributed by atoms with E-state index in [1.807, 2.05) is 18.2 Å². The molecule has 0 radical (unpaired) electrons. The number of amides is 1. The van der Waals surface area contributed by atoms with Crippen LogP contribution in [0.4, 0.5) is 5.69 Å². The molecule has 138 valence electrons. The van der Waals surface area contributed by atoms with Crippen LogP contribution in [0.15, 0.2) is 18.2 Å². The summed E-state index contributed by atoms with van der Waals surface area (Å²) < 4.78 is 10.6. The van der Waals surface area contributed by atoms with E-state index in [1.54, 1.807) is 0 Å². The molecule has 0 spiro atoms. The van der Waals surface area contributed by atoms with E-state index in [4.69, 9.17) is 9.47 Å². The van der Waals surface area contributed by atoms with Crippen LogP contribution in [0.2, 0.25) is 0 Å². The largest absolute Gasteiger partial charge is 0.454 e. The summed E-state index contributed by atoms with van der Waals surface area (Å²) in [4.78, 5) is 17.1. The number of nitrogens with one attached hydrogen (secondary N) is 1. The van der Waals surface area contributed by atoms with Gasteiger partial charge in [0.1, 0.15) is 0 Å². The third-order valence-electron chi connectivity index (χ3n) is 5.36. The number of likely N-dealkylation sites (tertiary alicyclic amines) is 1. The van der Waals surface area contributed by atoms with Gasteiger partial charge in [0.05, 0.1) is 0 Å². The lowest BCUT2D eigenvalue weighted by Crippen LogP contribution is -2.48. The average Bonchev–Trinajstić information content (AvgIpc) is 3.07. The molecule has 1 aromatic carbocycles. The zero-order chi connectivity index (χ0) is 17.8. The molecule has 1 N–H and O–H groups in total. The number of benzene rings is 1. The molecule has 2 atom stereocenters. The maximum Gasteiger partial charge on any atom is 0.231 e. The van der Waals surface area contributed by atoms with Crippen LogP contribution in [0.25, 0.3) is 0 Å². The molecule has 0 unspecified atom stereocenters. The maximum absolute atomic E-state index is 12.2. The number of anilines is 1. The van der Waals surface area contributed by atoms with Crippen LogP contribution in [0.5, 0.6) is 11.5 Å². The molecule has 3 rings (SSSR count). The van der Waals surface area contributed by atoms with Crippen molar-refractivity contribution in [3.05, 3.63) is 18.2 Å². The first-order valence-electron chi connectivity index (χ1n) is 9.20. The van der Waals surface area contributed by atoms with E-state index in [9.17, 15) is 4.79 Å². The molecule has 0 bridgehead atoms. The van der Waals surface area contributed by atoms with Gasteiger partial charge in [-0.25, -0.2) is 0 Å². The lowest BCUT2D eigenvalue weighted by atomic mass is 9.97. The first-order valence-corrected chi connectivity index (χ1v) is 9.20. The van der Waals surface area contributed by atoms with Crippen molar-refractivity contribution in [2.45, 2.75) is 45.2 Å². The Morgan fingerprint density at radius 1 is 1.36 bits per heavy atom. The highest BCUT2D eigenvalue weighted by molar-refractivity contribution is 5.91. The Kier molecular flexibility index (Phi) is 5.81. The van der Waals surface area contributed by atoms with E-state index >= 15 is 0 Å². The zero-order valence-corrected chi connectivity index (χ0v) is 15.5. The molecular formula is C19H29N3O3. The van der Waals surface area contributed by atoms with Gasteiger partial charge < -0.3 is 24.6 Å². The van der Waals surface area contributed by atoms with Gasteiger partial charge in [-0.3, -0.25) is 4.79 Å². The topological polar surface area (TPSA) is 54.0 Å². The summed E-state index contributed by atoms with van der Waals surface area (Å²) in [6.45, 7) is 7.81. The molecule has 0 aromatic heterocycles. The van der Waals surface area contributed by atoms with Crippen LogP contribution < -0.4 is 14.8 Å². The number of nitrogens with zero attached hydrogens (tertiary/aromatic N) is 2. The van der Waals surface area contributed by atoms with Crippen molar-refractivity contribution in [3.63, 3.8) is 0 Å². The summed E-state index contributed by atoms with van der Waals surface area (Å²) in [5.74, 6) is 1.45. The van der Waals surface area contributed by atoms with Gasteiger partial charge in [-0.2, -0.15) is 0 Å². The van der Waals surface area contributed by atoms with Gasteiger partial charge >= 0.3 is 0 Å². The zero-order valence-electron chi connectivity index (χ0n) is 15.5. The Hall–Kier alpha value is -1.79. The summed E-state index contributed by atoms with van der Waals surface area (Å²) in [6.07, 6.45) is 2.85. The van der Waals surface area contributed by atoms with E-state index in [1.165, 1.54) is 12.8 Å². The van der Waals surface area contributed by atoms with Crippen LogP contribution in [0, 0.1) is 0 Å². The molecule has 1 saturated heterocycles. The molecule has 1 fully saturated rings. The smallest absolute Gasteiger partial charge is 0.231 e. The predicted molar refractivity (Wildman–Crippen MR) is 98.2 cm³/mol. The van der Waals surface area contributed by atoms with Crippen molar-refractivity contribution in [2.75, 3.05) is 38.8 Å². The SMILES string of the molecule is CCN1CC[C@H](N(C)CCC(=O)Nc2ccc3c(c2)OCO3)C[C@H]1C. The molecule has 2 aliphatic heterocycles. The summed E-state index contributed by atoms with van der Waals surface area (Å²) in [7, 11) is 2.13. The number of carbonyl (C=O) groups excluding carboxylic acids is 1. The molecule has 2 heterocycles. The van der Waals surface area contributed by atoms with Gasteiger partial charge in [-0.1, -0.05) is 6.92 Å². The van der Waals surface area contributed by atoms with Crippen molar-refractivity contribution in [1.29, 1.82) is 0 Å². The second-order valence-electron chi connectivity index (χ2n) is 7.00. The summed E-state index contributed by atoms with van der Waals surface area (Å²) in [5, 5.41) is 2.95. The third kappa shape index (κ3) is 4.44. The summed E-state index contributed by atoms with van der Waals surface area (Å²) in [5.41, 5.74) is 0.752. The molecule has 6 nitrogen and oxygen atoms in total. The Morgan fingerprint density at radius 2 is 2.16 bits per heavy atom. The van der Waals surface area contributed by atoms with Crippen molar-refractivity contribution in [3.8, 4) is 11.5 Å². The Balaban J connectivity index is 1.44. The van der Waals surface area contributed by atoms with Gasteiger partial charge in [-0.15, -0.1) is 0 Å². The molecule has 1 amide bonds. The highest BCUT2D eigenvalue weighted by Crippen LogP contribution is 2.34. The number of carbonyl (C=O) groups is 1. The first-order chi connectivity index (χ1) is 12.1. The Bertz CT molecular complexity index is 608. The average molecular weight is 347 g/mol. The summed E-state index contributed by atoms with van der Waals surface area (Å²) in [6, 6.07) is 6.67. The fraction of sp³-hybridized carbons (Fsp3) is 0.632. The highest BCUT2D eigenvalue weighted by Gasteiger charge is 2.26. The van der Waals surface area contributed by atoms with Gasteiger partial charge in [0, 0.05) is 36.8 Å². The molecule has 25 heavy (non-hydrogen) atoms. The standard InChI is InChI=1S/C19H29N3O3/c1-4-22-10-7-16(11-14(22)2)21(3)9-8-19(23)20-15-5-6-17-18(12-15)25-13-24-17/h5-6,12,14,16H,4,7-11,13H2,1-3H3,(H,20,23)/t14-,16+/m1/s1. The number of piperidine rings is 1. The third-order valence-corrected chi connectivity index (χ3v) is 5.36. The molecule has 0 saturated carbocycles. The first kappa shape index (κ1) is 18.0. The van der Waals surface area contributed by atoms with Crippen molar-refractivity contribution >= 4 is 11.6 Å². The van der Waals surface area contributed by atoms with Crippen molar-refractivity contribution in [1.82, 2.24) is 9.80 Å². The molecule has 1 aromatic rings. The van der Waals surface area contributed by atoms with Crippen molar-refractivity contribution < 1.29 is 14.3 Å². The van der Waals surface area contributed by atoms with Crippen LogP contribution in [-0.2, 0) is 4.79 Å². The van der Waals surface area contributed by atoms with E-state index in [0.717, 1.165) is 31.1 Å². The number of rotatable bonds is 6. The fourth-order valence-electron chi connectivity index (χ4n) is 3.72. The molecule has 0 aliphatic carbocycles. The van der Waals surface area contributed by atoms with E-state index < -0.39 is 0 Å². The van der Waals surface area contributed by atoms with Gasteiger partial charge in [0.15, 0.2) is 11.5 Å². The van der Waals surface area contributed by atoms with Crippen LogP contribution in [0.3, 0.4) is 0 Å². The summed E-state index contributed by atoms with van der Waals surface area (Å²) >= 11 is 0. The fourth-order valence-corrected chi connectivity index (χ4v) is 3.72. The normalized spacial score (nSPS) is 23.0. The quantitative estimate of drug-likeness (QED) is 0.857. The second-order valence-corrected chi connectivity index (χ2v) is 7.00. The lowest BCUT2D eigenvalue weighted by molar-refractivity contribution is -0.116.